The van der Waals surface area contributed by atoms with Crippen molar-refractivity contribution < 1.29 is 4.74 Å². The molecule has 0 fully saturated rings. The largest absolute Gasteiger partial charge is 0.478 e. The Balaban J connectivity index is 3.07. The summed E-state index contributed by atoms with van der Waals surface area (Å²) in [6.45, 7) is 8.60. The average molecular weight is 215 g/mol. The highest BCUT2D eigenvalue weighted by Gasteiger charge is 2.18. The maximum atomic E-state index is 5.86. The van der Waals surface area contributed by atoms with E-state index in [0.29, 0.717) is 23.5 Å². The maximum absolute atomic E-state index is 5.86. The molecule has 0 spiro atoms. The minimum absolute atomic E-state index is 0.114. The Hall–Kier alpha value is -0.830. The standard InChI is InChI=1S/C10H15ClN2O/c1-5-14-8-6-7(11)12-9(13-8)10(2,3)4/h6H,5H2,1-4H3. The van der Waals surface area contributed by atoms with E-state index in [-0.39, 0.29) is 5.41 Å². The molecular weight excluding hydrogens is 200 g/mol. The summed E-state index contributed by atoms with van der Waals surface area (Å²) in [6.07, 6.45) is 0. The van der Waals surface area contributed by atoms with Crippen LogP contribution in [-0.2, 0) is 5.41 Å². The maximum Gasteiger partial charge on any atom is 0.218 e. The summed E-state index contributed by atoms with van der Waals surface area (Å²) >= 11 is 5.86. The third kappa shape index (κ3) is 2.84. The van der Waals surface area contributed by atoms with Crippen molar-refractivity contribution in [3.63, 3.8) is 0 Å². The summed E-state index contributed by atoms with van der Waals surface area (Å²) < 4.78 is 5.29. The smallest absolute Gasteiger partial charge is 0.218 e. The summed E-state index contributed by atoms with van der Waals surface area (Å²) in [5, 5.41) is 0.424. The zero-order valence-corrected chi connectivity index (χ0v) is 9.72. The van der Waals surface area contributed by atoms with Crippen molar-refractivity contribution in [2.75, 3.05) is 6.61 Å². The van der Waals surface area contributed by atoms with Crippen molar-refractivity contribution in [3.05, 3.63) is 17.0 Å². The van der Waals surface area contributed by atoms with Crippen LogP contribution in [0.15, 0.2) is 6.07 Å². The predicted octanol–water partition coefficient (Wildman–Crippen LogP) is 2.83. The number of halogens is 1. The summed E-state index contributed by atoms with van der Waals surface area (Å²) in [6, 6.07) is 1.63. The van der Waals surface area contributed by atoms with E-state index in [1.54, 1.807) is 6.07 Å². The van der Waals surface area contributed by atoms with Crippen LogP contribution in [0.1, 0.15) is 33.5 Å². The van der Waals surface area contributed by atoms with Crippen LogP contribution in [0, 0.1) is 0 Å². The topological polar surface area (TPSA) is 35.0 Å². The van der Waals surface area contributed by atoms with E-state index in [2.05, 4.69) is 9.97 Å². The molecule has 78 valence electrons. The fraction of sp³-hybridized carbons (Fsp3) is 0.600. The minimum atomic E-state index is -0.114. The van der Waals surface area contributed by atoms with Crippen molar-refractivity contribution in [1.29, 1.82) is 0 Å². The van der Waals surface area contributed by atoms with Gasteiger partial charge in [0.1, 0.15) is 11.0 Å². The van der Waals surface area contributed by atoms with E-state index in [1.165, 1.54) is 0 Å². The second-order valence-electron chi connectivity index (χ2n) is 4.04. The number of ether oxygens (including phenoxy) is 1. The van der Waals surface area contributed by atoms with Gasteiger partial charge in [-0.2, -0.15) is 4.98 Å². The van der Waals surface area contributed by atoms with E-state index < -0.39 is 0 Å². The molecule has 0 amide bonds. The summed E-state index contributed by atoms with van der Waals surface area (Å²) in [5.74, 6) is 1.24. The minimum Gasteiger partial charge on any atom is -0.478 e. The van der Waals surface area contributed by atoms with Crippen molar-refractivity contribution in [2.24, 2.45) is 0 Å². The Kier molecular flexibility index (Phi) is 3.32. The molecule has 0 aliphatic carbocycles. The van der Waals surface area contributed by atoms with Gasteiger partial charge in [-0.15, -0.1) is 0 Å². The molecule has 0 saturated heterocycles. The lowest BCUT2D eigenvalue weighted by Gasteiger charge is -2.17. The number of hydrogen-bond donors (Lipinski definition) is 0. The van der Waals surface area contributed by atoms with E-state index >= 15 is 0 Å². The molecule has 0 atom stereocenters. The molecule has 1 heterocycles. The zero-order valence-electron chi connectivity index (χ0n) is 8.97. The molecule has 0 N–H and O–H groups in total. The molecule has 1 rings (SSSR count). The van der Waals surface area contributed by atoms with Crippen molar-refractivity contribution in [3.8, 4) is 5.88 Å². The molecule has 4 heteroatoms. The number of aromatic nitrogens is 2. The van der Waals surface area contributed by atoms with Crippen LogP contribution in [0.5, 0.6) is 5.88 Å². The molecule has 0 saturated carbocycles. The molecule has 1 aromatic heterocycles. The molecule has 3 nitrogen and oxygen atoms in total. The molecule has 0 radical (unpaired) electrons. The highest BCUT2D eigenvalue weighted by Crippen LogP contribution is 2.22. The van der Waals surface area contributed by atoms with Crippen LogP contribution in [-0.4, -0.2) is 16.6 Å². The van der Waals surface area contributed by atoms with Gasteiger partial charge in [0.05, 0.1) is 6.61 Å². The summed E-state index contributed by atoms with van der Waals surface area (Å²) in [4.78, 5) is 8.44. The zero-order chi connectivity index (χ0) is 10.8. The number of nitrogens with zero attached hydrogens (tertiary/aromatic N) is 2. The molecule has 0 bridgehead atoms. The van der Waals surface area contributed by atoms with Gasteiger partial charge < -0.3 is 4.74 Å². The third-order valence-electron chi connectivity index (χ3n) is 1.63. The predicted molar refractivity (Wildman–Crippen MR) is 56.9 cm³/mol. The van der Waals surface area contributed by atoms with Crippen LogP contribution in [0.3, 0.4) is 0 Å². The molecular formula is C10H15ClN2O. The first-order valence-electron chi connectivity index (χ1n) is 4.61. The average Bonchev–Trinajstić information content (AvgIpc) is 2.02. The highest BCUT2D eigenvalue weighted by molar-refractivity contribution is 6.29. The Bertz CT molecular complexity index is 320. The molecule has 14 heavy (non-hydrogen) atoms. The van der Waals surface area contributed by atoms with Gasteiger partial charge in [-0.25, -0.2) is 4.98 Å². The second kappa shape index (κ2) is 4.13. The van der Waals surface area contributed by atoms with Crippen LogP contribution in [0.2, 0.25) is 5.15 Å². The van der Waals surface area contributed by atoms with Crippen LogP contribution in [0.25, 0.3) is 0 Å². The van der Waals surface area contributed by atoms with Gasteiger partial charge in [0.2, 0.25) is 5.88 Å². The SMILES string of the molecule is CCOc1cc(Cl)nc(C(C)(C)C)n1. The lowest BCUT2D eigenvalue weighted by Crippen LogP contribution is -2.16. The lowest BCUT2D eigenvalue weighted by molar-refractivity contribution is 0.322. The lowest BCUT2D eigenvalue weighted by atomic mass is 9.96. The first-order valence-corrected chi connectivity index (χ1v) is 4.99. The Labute approximate surface area is 89.5 Å². The first kappa shape index (κ1) is 11.2. The second-order valence-corrected chi connectivity index (χ2v) is 4.42. The normalized spacial score (nSPS) is 11.5. The van der Waals surface area contributed by atoms with E-state index in [1.807, 2.05) is 27.7 Å². The van der Waals surface area contributed by atoms with Crippen LogP contribution in [0.4, 0.5) is 0 Å². The molecule has 0 aromatic carbocycles. The van der Waals surface area contributed by atoms with Gasteiger partial charge in [-0.3, -0.25) is 0 Å². The first-order chi connectivity index (χ1) is 6.43. The van der Waals surface area contributed by atoms with E-state index in [9.17, 15) is 0 Å². The Morgan fingerprint density at radius 2 is 2.00 bits per heavy atom. The Morgan fingerprint density at radius 3 is 2.50 bits per heavy atom. The fourth-order valence-electron chi connectivity index (χ4n) is 0.954. The fourth-order valence-corrected chi connectivity index (χ4v) is 1.13. The van der Waals surface area contributed by atoms with Gasteiger partial charge in [-0.05, 0) is 6.92 Å². The quantitative estimate of drug-likeness (QED) is 0.711. The van der Waals surface area contributed by atoms with E-state index in [4.69, 9.17) is 16.3 Å². The van der Waals surface area contributed by atoms with Gasteiger partial charge in [0, 0.05) is 11.5 Å². The van der Waals surface area contributed by atoms with Gasteiger partial charge in [0.15, 0.2) is 0 Å². The Morgan fingerprint density at radius 1 is 1.36 bits per heavy atom. The summed E-state index contributed by atoms with van der Waals surface area (Å²) in [5.41, 5.74) is -0.114. The summed E-state index contributed by atoms with van der Waals surface area (Å²) in [7, 11) is 0. The monoisotopic (exact) mass is 214 g/mol. The number of rotatable bonds is 2. The molecule has 0 aliphatic rings. The number of hydrogen-bond acceptors (Lipinski definition) is 3. The van der Waals surface area contributed by atoms with Gasteiger partial charge in [-0.1, -0.05) is 32.4 Å². The van der Waals surface area contributed by atoms with Crippen molar-refractivity contribution >= 4 is 11.6 Å². The van der Waals surface area contributed by atoms with Crippen LogP contribution < -0.4 is 4.74 Å². The van der Waals surface area contributed by atoms with Crippen molar-refractivity contribution in [1.82, 2.24) is 9.97 Å². The molecule has 0 unspecified atom stereocenters. The third-order valence-corrected chi connectivity index (χ3v) is 1.83. The van der Waals surface area contributed by atoms with Crippen molar-refractivity contribution in [2.45, 2.75) is 33.1 Å². The van der Waals surface area contributed by atoms with Gasteiger partial charge in [0.25, 0.3) is 0 Å². The highest BCUT2D eigenvalue weighted by atomic mass is 35.5. The molecule has 0 aliphatic heterocycles. The van der Waals surface area contributed by atoms with Gasteiger partial charge >= 0.3 is 0 Å². The van der Waals surface area contributed by atoms with Crippen LogP contribution >= 0.6 is 11.6 Å². The van der Waals surface area contributed by atoms with E-state index in [0.717, 1.165) is 0 Å². The molecule has 1 aromatic rings.